The zero-order chi connectivity index (χ0) is 33.2. The van der Waals surface area contributed by atoms with Crippen molar-refractivity contribution in [2.24, 2.45) is 0 Å². The molecule has 0 aliphatic heterocycles. The number of rotatable bonds is 36. The SMILES string of the molecule is CCCCCCCCCCCCCCCCCCCCCCCCCCCCCCCCCCCCc1ccc(S(=O)(=O)[O-])cc1.[K+]. The molecule has 0 aromatic heterocycles. The second-order valence-corrected chi connectivity index (χ2v) is 15.9. The Morgan fingerprint density at radius 2 is 0.596 bits per heavy atom. The first-order valence-corrected chi connectivity index (χ1v) is 22.0. The quantitative estimate of drug-likeness (QED) is 0.0398. The zero-order valence-corrected chi connectivity index (χ0v) is 35.6. The van der Waals surface area contributed by atoms with E-state index in [9.17, 15) is 13.0 Å². The van der Waals surface area contributed by atoms with Gasteiger partial charge in [-0.15, -0.1) is 0 Å². The summed E-state index contributed by atoms with van der Waals surface area (Å²) in [5.74, 6) is 0. The fraction of sp³-hybridized carbons (Fsp3) is 0.857. The van der Waals surface area contributed by atoms with Crippen LogP contribution in [0.15, 0.2) is 29.2 Å². The molecule has 0 unspecified atom stereocenters. The van der Waals surface area contributed by atoms with Crippen molar-refractivity contribution < 1.29 is 64.4 Å². The van der Waals surface area contributed by atoms with Gasteiger partial charge in [0.25, 0.3) is 0 Å². The smallest absolute Gasteiger partial charge is 0.744 e. The summed E-state index contributed by atoms with van der Waals surface area (Å²) in [5, 5.41) is 0. The van der Waals surface area contributed by atoms with E-state index in [0.717, 1.165) is 18.4 Å². The maximum atomic E-state index is 11.0. The summed E-state index contributed by atoms with van der Waals surface area (Å²) in [6, 6.07) is 6.41. The van der Waals surface area contributed by atoms with Crippen molar-refractivity contribution in [3.05, 3.63) is 29.8 Å². The predicted octanol–water partition coefficient (Wildman–Crippen LogP) is 11.4. The standard InChI is InChI=1S/C42H78O3S.K/c1-2-3-4-5-6-7-8-9-10-11-12-13-14-15-16-17-18-19-20-21-22-23-24-25-26-27-28-29-30-31-32-33-34-35-36-41-37-39-42(40-38-41)46(43,44)45;/h37-40H,2-36H2,1H3,(H,43,44,45);/q;+1/p-1. The number of unbranched alkanes of at least 4 members (excludes halogenated alkanes) is 33. The van der Waals surface area contributed by atoms with Crippen LogP contribution < -0.4 is 51.4 Å². The van der Waals surface area contributed by atoms with Crippen LogP contribution in [0.5, 0.6) is 0 Å². The minimum absolute atomic E-state index is 0. The maximum absolute atomic E-state index is 11.0. The molecule has 0 amide bonds. The third kappa shape index (κ3) is 33.7. The first kappa shape index (κ1) is 47.8. The molecular weight excluding hydrogens is 624 g/mol. The van der Waals surface area contributed by atoms with E-state index in [4.69, 9.17) is 0 Å². The molecule has 270 valence electrons. The van der Waals surface area contributed by atoms with E-state index >= 15 is 0 Å². The van der Waals surface area contributed by atoms with Crippen molar-refractivity contribution in [1.82, 2.24) is 0 Å². The third-order valence-corrected chi connectivity index (χ3v) is 10.9. The first-order valence-electron chi connectivity index (χ1n) is 20.6. The Bertz CT molecular complexity index is 855. The van der Waals surface area contributed by atoms with Gasteiger partial charge < -0.3 is 4.55 Å². The Morgan fingerprint density at radius 1 is 0.383 bits per heavy atom. The molecule has 3 nitrogen and oxygen atoms in total. The molecule has 0 N–H and O–H groups in total. The van der Waals surface area contributed by atoms with Crippen molar-refractivity contribution in [1.29, 1.82) is 0 Å². The molecule has 0 aliphatic carbocycles. The van der Waals surface area contributed by atoms with Gasteiger partial charge in [0.2, 0.25) is 0 Å². The fourth-order valence-corrected chi connectivity index (χ4v) is 7.35. The van der Waals surface area contributed by atoms with Gasteiger partial charge in [-0.05, 0) is 30.5 Å². The van der Waals surface area contributed by atoms with Gasteiger partial charge >= 0.3 is 51.4 Å². The molecule has 0 saturated carbocycles. The van der Waals surface area contributed by atoms with Gasteiger partial charge in [-0.3, -0.25) is 0 Å². The second-order valence-electron chi connectivity index (χ2n) is 14.5. The van der Waals surface area contributed by atoms with Crippen LogP contribution >= 0.6 is 0 Å². The van der Waals surface area contributed by atoms with Crippen molar-refractivity contribution in [2.75, 3.05) is 0 Å². The van der Waals surface area contributed by atoms with Crippen LogP contribution in [0.1, 0.15) is 231 Å². The Morgan fingerprint density at radius 3 is 0.809 bits per heavy atom. The minimum Gasteiger partial charge on any atom is -0.744 e. The third-order valence-electron chi connectivity index (χ3n) is 10.0. The summed E-state index contributed by atoms with van der Waals surface area (Å²) in [6.45, 7) is 2.30. The van der Waals surface area contributed by atoms with E-state index in [0.29, 0.717) is 0 Å². The van der Waals surface area contributed by atoms with E-state index in [1.165, 1.54) is 224 Å². The normalized spacial score (nSPS) is 11.6. The maximum Gasteiger partial charge on any atom is 1.00 e. The summed E-state index contributed by atoms with van der Waals surface area (Å²) < 4.78 is 33.0. The molecule has 5 heteroatoms. The van der Waals surface area contributed by atoms with Gasteiger partial charge in [-0.1, -0.05) is 231 Å². The summed E-state index contributed by atoms with van der Waals surface area (Å²) in [7, 11) is -4.33. The molecule has 1 aromatic carbocycles. The van der Waals surface area contributed by atoms with Gasteiger partial charge in [-0.2, -0.15) is 0 Å². The second kappa shape index (κ2) is 36.6. The number of benzene rings is 1. The van der Waals surface area contributed by atoms with Crippen molar-refractivity contribution in [3.63, 3.8) is 0 Å². The molecule has 0 aliphatic rings. The van der Waals surface area contributed by atoms with E-state index in [-0.39, 0.29) is 56.3 Å². The topological polar surface area (TPSA) is 57.2 Å². The molecule has 0 heterocycles. The Hall–Kier alpha value is 0.766. The molecule has 0 fully saturated rings. The average molecular weight is 701 g/mol. The van der Waals surface area contributed by atoms with E-state index in [2.05, 4.69) is 6.92 Å². The van der Waals surface area contributed by atoms with Gasteiger partial charge in [0.1, 0.15) is 10.1 Å². The zero-order valence-electron chi connectivity index (χ0n) is 31.7. The fourth-order valence-electron chi connectivity index (χ4n) is 6.88. The molecule has 0 saturated heterocycles. The van der Waals surface area contributed by atoms with Gasteiger partial charge in [0.15, 0.2) is 0 Å². The van der Waals surface area contributed by atoms with Crippen LogP contribution in [0.4, 0.5) is 0 Å². The Balaban J connectivity index is 0.0000212. The van der Waals surface area contributed by atoms with Crippen molar-refractivity contribution in [3.8, 4) is 0 Å². The van der Waals surface area contributed by atoms with Crippen LogP contribution in [0.25, 0.3) is 0 Å². The molecule has 0 radical (unpaired) electrons. The minimum atomic E-state index is -4.33. The predicted molar refractivity (Wildman–Crippen MR) is 201 cm³/mol. The number of aryl methyl sites for hydroxylation is 1. The Kier molecular flexibility index (Phi) is 37.1. The number of hydrogen-bond acceptors (Lipinski definition) is 3. The van der Waals surface area contributed by atoms with Crippen LogP contribution in [-0.4, -0.2) is 13.0 Å². The molecule has 47 heavy (non-hydrogen) atoms. The summed E-state index contributed by atoms with van der Waals surface area (Å²) in [5.41, 5.74) is 1.11. The average Bonchev–Trinajstić information content (AvgIpc) is 3.04. The molecular formula is C42H77KO3S. The number of hydrogen-bond donors (Lipinski definition) is 0. The van der Waals surface area contributed by atoms with Crippen molar-refractivity contribution >= 4 is 10.1 Å². The van der Waals surface area contributed by atoms with Crippen LogP contribution in [-0.2, 0) is 16.5 Å². The Labute approximate surface area is 337 Å². The monoisotopic (exact) mass is 701 g/mol. The van der Waals surface area contributed by atoms with Crippen molar-refractivity contribution in [2.45, 2.75) is 237 Å². The summed E-state index contributed by atoms with van der Waals surface area (Å²) in [4.78, 5) is -0.132. The molecule has 0 bridgehead atoms. The van der Waals surface area contributed by atoms with Crippen LogP contribution in [0, 0.1) is 0 Å². The van der Waals surface area contributed by atoms with Crippen LogP contribution in [0.2, 0.25) is 0 Å². The van der Waals surface area contributed by atoms with E-state index in [1.54, 1.807) is 12.1 Å². The van der Waals surface area contributed by atoms with Gasteiger partial charge in [-0.25, -0.2) is 8.42 Å². The summed E-state index contributed by atoms with van der Waals surface area (Å²) >= 11 is 0. The van der Waals surface area contributed by atoms with Crippen LogP contribution in [0.3, 0.4) is 0 Å². The first-order chi connectivity index (χ1) is 22.5. The summed E-state index contributed by atoms with van der Waals surface area (Å²) in [6.07, 6.45) is 49.4. The molecule has 1 rings (SSSR count). The largest absolute Gasteiger partial charge is 1.00 e. The molecule has 1 aromatic rings. The molecule has 0 spiro atoms. The van der Waals surface area contributed by atoms with Gasteiger partial charge in [0, 0.05) is 0 Å². The van der Waals surface area contributed by atoms with E-state index < -0.39 is 10.1 Å². The van der Waals surface area contributed by atoms with Gasteiger partial charge in [0.05, 0.1) is 4.90 Å². The molecule has 0 atom stereocenters. The van der Waals surface area contributed by atoms with E-state index in [1.807, 2.05) is 0 Å².